The first kappa shape index (κ1) is 20.6. The van der Waals surface area contributed by atoms with E-state index in [9.17, 15) is 15.2 Å². The van der Waals surface area contributed by atoms with Gasteiger partial charge in [0, 0.05) is 18.3 Å². The quantitative estimate of drug-likeness (QED) is 0.671. The van der Waals surface area contributed by atoms with Crippen LogP contribution in [0.1, 0.15) is 17.0 Å². The van der Waals surface area contributed by atoms with Crippen LogP contribution in [0.3, 0.4) is 0 Å². The molecular weight excluding hydrogens is 390 g/mol. The minimum atomic E-state index is -0.603. The van der Waals surface area contributed by atoms with Crippen molar-refractivity contribution in [2.75, 3.05) is 13.7 Å². The summed E-state index contributed by atoms with van der Waals surface area (Å²) in [6.45, 7) is -0.192. The number of likely N-dealkylation sites (tertiary alicyclic amines) is 1. The molecule has 6 heteroatoms. The summed E-state index contributed by atoms with van der Waals surface area (Å²) in [4.78, 5) is 18.3. The number of hydrogen-bond donors (Lipinski definition) is 1. The van der Waals surface area contributed by atoms with Crippen molar-refractivity contribution in [1.82, 2.24) is 9.88 Å². The van der Waals surface area contributed by atoms with Crippen LogP contribution in [-0.4, -0.2) is 46.7 Å². The predicted molar refractivity (Wildman–Crippen MR) is 116 cm³/mol. The summed E-state index contributed by atoms with van der Waals surface area (Å²) in [5.41, 5.74) is 3.83. The lowest BCUT2D eigenvalue weighted by atomic mass is 9.75. The maximum Gasteiger partial charge on any atom is 0.228 e. The number of nitrogens with zero attached hydrogens (tertiary/aromatic N) is 3. The van der Waals surface area contributed by atoms with Crippen LogP contribution in [-0.2, 0) is 11.2 Å². The number of hydrogen-bond acceptors (Lipinski definition) is 5. The van der Waals surface area contributed by atoms with Crippen molar-refractivity contribution in [3.8, 4) is 22.9 Å². The zero-order chi connectivity index (χ0) is 21.8. The van der Waals surface area contributed by atoms with Crippen LogP contribution in [0.2, 0.25) is 0 Å². The standard InChI is InChI=1S/C25H23N3O3/c1-31-21-4-2-3-20(14-21)18-5-7-19(8-6-18)25-22(15-26)28(23(25)16-29)24(30)13-17-9-11-27-12-10-17/h2-12,14,22-23,25,29H,13,16H2,1H3/t22-,23-,25+/m1/s1. The van der Waals surface area contributed by atoms with Crippen molar-refractivity contribution in [3.05, 3.63) is 84.2 Å². The van der Waals surface area contributed by atoms with Gasteiger partial charge in [-0.1, -0.05) is 36.4 Å². The molecule has 1 aliphatic heterocycles. The molecule has 4 rings (SSSR count). The van der Waals surface area contributed by atoms with Crippen molar-refractivity contribution < 1.29 is 14.6 Å². The highest BCUT2D eigenvalue weighted by Gasteiger charge is 2.51. The maximum atomic E-state index is 12.8. The van der Waals surface area contributed by atoms with E-state index in [1.807, 2.05) is 48.5 Å². The van der Waals surface area contributed by atoms with E-state index < -0.39 is 12.1 Å². The van der Waals surface area contributed by atoms with Crippen LogP contribution in [0.4, 0.5) is 0 Å². The van der Waals surface area contributed by atoms with Gasteiger partial charge in [-0.25, -0.2) is 0 Å². The molecule has 0 spiro atoms. The summed E-state index contributed by atoms with van der Waals surface area (Å²) >= 11 is 0. The van der Waals surface area contributed by atoms with Gasteiger partial charge in [-0.2, -0.15) is 5.26 Å². The SMILES string of the molecule is COc1cccc(-c2ccc([C@H]3[C@@H](C#N)N(C(=O)Cc4ccncc4)[C@@H]3CO)cc2)c1. The Hall–Kier alpha value is -3.69. The molecule has 1 amide bonds. The van der Waals surface area contributed by atoms with Crippen molar-refractivity contribution in [1.29, 1.82) is 5.26 Å². The van der Waals surface area contributed by atoms with Crippen LogP contribution in [0.5, 0.6) is 5.75 Å². The molecule has 3 atom stereocenters. The third-order valence-electron chi connectivity index (χ3n) is 5.82. The Balaban J connectivity index is 1.53. The lowest BCUT2D eigenvalue weighted by molar-refractivity contribution is -0.146. The van der Waals surface area contributed by atoms with Crippen LogP contribution >= 0.6 is 0 Å². The van der Waals surface area contributed by atoms with Crippen LogP contribution < -0.4 is 4.74 Å². The maximum absolute atomic E-state index is 12.8. The van der Waals surface area contributed by atoms with Gasteiger partial charge in [0.05, 0.1) is 32.2 Å². The predicted octanol–water partition coefficient (Wildman–Crippen LogP) is 3.18. The van der Waals surface area contributed by atoms with Crippen LogP contribution in [0.15, 0.2) is 73.1 Å². The second kappa shape index (κ2) is 8.99. The summed E-state index contributed by atoms with van der Waals surface area (Å²) in [6, 6.07) is 20.5. The van der Waals surface area contributed by atoms with Gasteiger partial charge in [-0.3, -0.25) is 9.78 Å². The van der Waals surface area contributed by atoms with Gasteiger partial charge in [-0.15, -0.1) is 0 Å². The van der Waals surface area contributed by atoms with Crippen molar-refractivity contribution in [2.24, 2.45) is 0 Å². The van der Waals surface area contributed by atoms with E-state index in [0.29, 0.717) is 0 Å². The number of methoxy groups -OCH3 is 1. The Morgan fingerprint density at radius 2 is 1.87 bits per heavy atom. The van der Waals surface area contributed by atoms with Crippen molar-refractivity contribution in [3.63, 3.8) is 0 Å². The van der Waals surface area contributed by atoms with Gasteiger partial charge in [0.1, 0.15) is 11.8 Å². The number of amides is 1. The summed E-state index contributed by atoms with van der Waals surface area (Å²) in [6.07, 6.45) is 3.45. The molecule has 6 nitrogen and oxygen atoms in total. The van der Waals surface area contributed by atoms with E-state index in [-0.39, 0.29) is 24.9 Å². The molecule has 2 aromatic carbocycles. The van der Waals surface area contributed by atoms with E-state index >= 15 is 0 Å². The van der Waals surface area contributed by atoms with E-state index in [1.165, 1.54) is 4.90 Å². The first-order chi connectivity index (χ1) is 15.2. The summed E-state index contributed by atoms with van der Waals surface area (Å²) < 4.78 is 5.29. The average molecular weight is 413 g/mol. The van der Waals surface area contributed by atoms with Gasteiger partial charge >= 0.3 is 0 Å². The fourth-order valence-corrected chi connectivity index (χ4v) is 4.22. The molecule has 0 unspecified atom stereocenters. The van der Waals surface area contributed by atoms with Crippen LogP contribution in [0.25, 0.3) is 11.1 Å². The third-order valence-corrected chi connectivity index (χ3v) is 5.82. The number of benzene rings is 2. The average Bonchev–Trinajstić information content (AvgIpc) is 2.80. The summed E-state index contributed by atoms with van der Waals surface area (Å²) in [5, 5.41) is 19.7. The Morgan fingerprint density at radius 1 is 1.13 bits per heavy atom. The van der Waals surface area contributed by atoms with E-state index in [1.54, 1.807) is 31.6 Å². The molecule has 31 heavy (non-hydrogen) atoms. The number of carbonyl (C=O) groups is 1. The smallest absolute Gasteiger partial charge is 0.228 e. The van der Waals surface area contributed by atoms with Crippen molar-refractivity contribution in [2.45, 2.75) is 24.4 Å². The molecule has 1 aliphatic rings. The number of rotatable bonds is 6. The number of carbonyl (C=O) groups excluding carboxylic acids is 1. The molecule has 0 saturated carbocycles. The fourth-order valence-electron chi connectivity index (χ4n) is 4.22. The zero-order valence-corrected chi connectivity index (χ0v) is 17.2. The molecule has 1 fully saturated rings. The van der Waals surface area contributed by atoms with Gasteiger partial charge in [0.2, 0.25) is 5.91 Å². The van der Waals surface area contributed by atoms with Crippen molar-refractivity contribution >= 4 is 5.91 Å². The number of nitriles is 1. The zero-order valence-electron chi connectivity index (χ0n) is 17.2. The van der Waals surface area contributed by atoms with Gasteiger partial charge in [0.15, 0.2) is 0 Å². The molecule has 3 aromatic rings. The summed E-state index contributed by atoms with van der Waals surface area (Å²) in [5.74, 6) is 0.394. The Morgan fingerprint density at radius 3 is 2.52 bits per heavy atom. The van der Waals surface area contributed by atoms with Crippen LogP contribution in [0, 0.1) is 11.3 Å². The lowest BCUT2D eigenvalue weighted by Crippen LogP contribution is -2.65. The highest BCUT2D eigenvalue weighted by atomic mass is 16.5. The number of aliphatic hydroxyl groups excluding tert-OH is 1. The summed E-state index contributed by atoms with van der Waals surface area (Å²) in [7, 11) is 1.64. The van der Waals surface area contributed by atoms with Gasteiger partial charge < -0.3 is 14.7 Å². The molecular formula is C25H23N3O3. The number of pyridine rings is 1. The monoisotopic (exact) mass is 413 g/mol. The molecule has 1 saturated heterocycles. The minimum Gasteiger partial charge on any atom is -0.497 e. The Labute approximate surface area is 181 Å². The van der Waals surface area contributed by atoms with E-state index in [0.717, 1.165) is 28.0 Å². The number of ether oxygens (including phenoxy) is 1. The van der Waals surface area contributed by atoms with E-state index in [4.69, 9.17) is 4.74 Å². The molecule has 0 radical (unpaired) electrons. The molecule has 156 valence electrons. The highest BCUT2D eigenvalue weighted by Crippen LogP contribution is 2.41. The Kier molecular flexibility index (Phi) is 5.96. The van der Waals surface area contributed by atoms with E-state index in [2.05, 4.69) is 11.1 Å². The largest absolute Gasteiger partial charge is 0.497 e. The highest BCUT2D eigenvalue weighted by molar-refractivity contribution is 5.81. The topological polar surface area (TPSA) is 86.5 Å². The normalized spacial score (nSPS) is 19.9. The Bertz CT molecular complexity index is 1090. The van der Waals surface area contributed by atoms with Gasteiger partial charge in [0.25, 0.3) is 0 Å². The first-order valence-corrected chi connectivity index (χ1v) is 10.1. The fraction of sp³-hybridized carbons (Fsp3) is 0.240. The first-order valence-electron chi connectivity index (χ1n) is 10.1. The number of aliphatic hydroxyl groups is 1. The van der Waals surface area contributed by atoms with Gasteiger partial charge in [-0.05, 0) is 46.5 Å². The number of aromatic nitrogens is 1. The molecule has 0 aliphatic carbocycles. The molecule has 1 N–H and O–H groups in total. The minimum absolute atomic E-state index is 0.166. The second-order valence-corrected chi connectivity index (χ2v) is 7.54. The lowest BCUT2D eigenvalue weighted by Gasteiger charge is -2.51. The third kappa shape index (κ3) is 4.00. The second-order valence-electron chi connectivity index (χ2n) is 7.54. The molecule has 0 bridgehead atoms. The molecule has 2 heterocycles. The molecule has 1 aromatic heterocycles.